The van der Waals surface area contributed by atoms with Crippen LogP contribution in [0.4, 0.5) is 0 Å². The highest BCUT2D eigenvalue weighted by atomic mass is 16.5. The number of nitrogens with two attached hydrogens (primary N) is 1. The molecule has 4 aromatic rings. The number of fused-ring (bicyclic) bond motifs is 1. The van der Waals surface area contributed by atoms with Crippen molar-refractivity contribution in [1.82, 2.24) is 19.5 Å². The Bertz CT molecular complexity index is 1430. The van der Waals surface area contributed by atoms with Crippen molar-refractivity contribution in [3.8, 4) is 40.1 Å². The first-order valence-electron chi connectivity index (χ1n) is 9.69. The van der Waals surface area contributed by atoms with Gasteiger partial charge >= 0.3 is 5.69 Å². The van der Waals surface area contributed by atoms with Gasteiger partial charge in [-0.3, -0.25) is 4.79 Å². The molecular weight excluding hydrogens is 430 g/mol. The van der Waals surface area contributed by atoms with Crippen LogP contribution in [0, 0.1) is 0 Å². The zero-order valence-electron chi connectivity index (χ0n) is 18.3. The molecule has 2 aromatic carbocycles. The maximum atomic E-state index is 12.9. The fraction of sp³-hybridized carbons (Fsp3) is 0.182. The van der Waals surface area contributed by atoms with Gasteiger partial charge in [-0.25, -0.2) is 19.3 Å². The fourth-order valence-electron chi connectivity index (χ4n) is 3.47. The summed E-state index contributed by atoms with van der Waals surface area (Å²) in [6.07, 6.45) is 0. The molecule has 0 radical (unpaired) electrons. The molecule has 0 bridgehead atoms. The average molecular weight is 451 g/mol. The summed E-state index contributed by atoms with van der Waals surface area (Å²) in [5.74, 6) is 1.23. The lowest BCUT2D eigenvalue weighted by atomic mass is 10.1. The molecule has 1 amide bonds. The third-order valence-corrected chi connectivity index (χ3v) is 5.04. The molecule has 33 heavy (non-hydrogen) atoms. The van der Waals surface area contributed by atoms with Crippen LogP contribution in [0.2, 0.25) is 0 Å². The average Bonchev–Trinajstić information content (AvgIpc) is 3.17. The molecule has 0 aliphatic rings. The number of hydrogen-bond donors (Lipinski definition) is 2. The Morgan fingerprint density at radius 1 is 0.879 bits per heavy atom. The van der Waals surface area contributed by atoms with Crippen LogP contribution in [0.1, 0.15) is 10.5 Å². The van der Waals surface area contributed by atoms with Gasteiger partial charge in [0, 0.05) is 11.6 Å². The summed E-state index contributed by atoms with van der Waals surface area (Å²) in [4.78, 5) is 36.5. The van der Waals surface area contributed by atoms with E-state index in [0.29, 0.717) is 34.2 Å². The van der Waals surface area contributed by atoms with Crippen LogP contribution in [0.5, 0.6) is 23.0 Å². The van der Waals surface area contributed by atoms with Gasteiger partial charge in [0.2, 0.25) is 0 Å². The monoisotopic (exact) mass is 451 g/mol. The minimum atomic E-state index is -0.815. The molecule has 4 rings (SSSR count). The van der Waals surface area contributed by atoms with Crippen molar-refractivity contribution in [2.45, 2.75) is 0 Å². The predicted octanol–water partition coefficient (Wildman–Crippen LogP) is 1.91. The first-order valence-corrected chi connectivity index (χ1v) is 9.69. The van der Waals surface area contributed by atoms with Gasteiger partial charge < -0.3 is 29.7 Å². The van der Waals surface area contributed by atoms with Crippen LogP contribution in [-0.2, 0) is 0 Å². The molecule has 0 aliphatic carbocycles. The molecule has 0 unspecified atom stereocenters. The number of benzene rings is 2. The Morgan fingerprint density at radius 3 is 2.09 bits per heavy atom. The van der Waals surface area contributed by atoms with E-state index in [1.165, 1.54) is 33.0 Å². The van der Waals surface area contributed by atoms with Crippen LogP contribution in [0.15, 0.2) is 41.2 Å². The van der Waals surface area contributed by atoms with Crippen LogP contribution >= 0.6 is 0 Å². The number of primary amides is 1. The maximum absolute atomic E-state index is 12.9. The molecule has 11 heteroatoms. The second-order valence-corrected chi connectivity index (χ2v) is 6.83. The van der Waals surface area contributed by atoms with E-state index in [2.05, 4.69) is 15.0 Å². The largest absolute Gasteiger partial charge is 0.493 e. The summed E-state index contributed by atoms with van der Waals surface area (Å²) >= 11 is 0. The van der Waals surface area contributed by atoms with Crippen molar-refractivity contribution >= 4 is 17.1 Å². The van der Waals surface area contributed by atoms with E-state index in [1.54, 1.807) is 36.4 Å². The molecule has 11 nitrogen and oxygen atoms in total. The van der Waals surface area contributed by atoms with Crippen molar-refractivity contribution in [1.29, 1.82) is 0 Å². The van der Waals surface area contributed by atoms with Crippen LogP contribution in [0.25, 0.3) is 28.2 Å². The van der Waals surface area contributed by atoms with Crippen molar-refractivity contribution in [2.24, 2.45) is 5.73 Å². The molecule has 2 heterocycles. The van der Waals surface area contributed by atoms with Gasteiger partial charge in [0.15, 0.2) is 40.2 Å². The summed E-state index contributed by atoms with van der Waals surface area (Å²) < 4.78 is 22.5. The maximum Gasteiger partial charge on any atom is 0.332 e. The van der Waals surface area contributed by atoms with Gasteiger partial charge in [0.05, 0.1) is 34.1 Å². The number of aromatic amines is 1. The van der Waals surface area contributed by atoms with Gasteiger partial charge in [-0.15, -0.1) is 0 Å². The first kappa shape index (κ1) is 21.7. The van der Waals surface area contributed by atoms with Gasteiger partial charge in [-0.2, -0.15) is 0 Å². The molecular formula is C22H21N5O6. The predicted molar refractivity (Wildman–Crippen MR) is 120 cm³/mol. The van der Waals surface area contributed by atoms with Gasteiger partial charge in [-0.05, 0) is 30.3 Å². The fourth-order valence-corrected chi connectivity index (χ4v) is 3.47. The Kier molecular flexibility index (Phi) is 5.61. The van der Waals surface area contributed by atoms with Crippen LogP contribution in [0.3, 0.4) is 0 Å². The highest BCUT2D eigenvalue weighted by Gasteiger charge is 2.21. The molecule has 0 saturated carbocycles. The van der Waals surface area contributed by atoms with E-state index in [0.717, 1.165) is 0 Å². The number of aromatic nitrogens is 4. The van der Waals surface area contributed by atoms with Crippen molar-refractivity contribution in [3.05, 3.63) is 52.6 Å². The second kappa shape index (κ2) is 8.54. The number of imidazole rings is 1. The van der Waals surface area contributed by atoms with E-state index in [1.807, 2.05) is 0 Å². The zero-order chi connectivity index (χ0) is 23.7. The topological polar surface area (TPSA) is 144 Å². The number of methoxy groups -OCH3 is 4. The highest BCUT2D eigenvalue weighted by molar-refractivity contribution is 6.02. The number of H-pyrrole nitrogens is 1. The Morgan fingerprint density at radius 2 is 1.48 bits per heavy atom. The third kappa shape index (κ3) is 3.69. The molecule has 0 aliphatic heterocycles. The zero-order valence-corrected chi connectivity index (χ0v) is 18.3. The molecule has 170 valence electrons. The van der Waals surface area contributed by atoms with Gasteiger partial charge in [0.1, 0.15) is 5.52 Å². The summed E-state index contributed by atoms with van der Waals surface area (Å²) in [5.41, 5.74) is 6.17. The lowest BCUT2D eigenvalue weighted by Gasteiger charge is -2.11. The van der Waals surface area contributed by atoms with Crippen molar-refractivity contribution in [3.63, 3.8) is 0 Å². The standard InChI is InChI=1S/C22H21N5O6/c1-30-13-7-5-11(9-15(13)32-3)20-24-17(19(23)28)18-21(26-20)27(22(29)25-18)12-6-8-14(31-2)16(10-12)33-4/h5-10H,1-4H3,(H2,23,28)(H,25,29). The minimum Gasteiger partial charge on any atom is -0.493 e. The van der Waals surface area contributed by atoms with E-state index in [4.69, 9.17) is 24.7 Å². The normalized spacial score (nSPS) is 10.8. The van der Waals surface area contributed by atoms with Gasteiger partial charge in [0.25, 0.3) is 5.91 Å². The van der Waals surface area contributed by atoms with Crippen LogP contribution < -0.4 is 30.4 Å². The first-order chi connectivity index (χ1) is 15.9. The number of hydrogen-bond acceptors (Lipinski definition) is 8. The third-order valence-electron chi connectivity index (χ3n) is 5.04. The minimum absolute atomic E-state index is 0.117. The molecule has 0 spiro atoms. The number of nitrogens with one attached hydrogen (secondary N) is 1. The number of carbonyl (C=O) groups excluding carboxylic acids is 1. The van der Waals surface area contributed by atoms with E-state index < -0.39 is 11.6 Å². The van der Waals surface area contributed by atoms with Gasteiger partial charge in [-0.1, -0.05) is 0 Å². The number of ether oxygens (including phenoxy) is 4. The molecule has 0 saturated heterocycles. The molecule has 3 N–H and O–H groups in total. The Labute approximate surface area is 187 Å². The number of amides is 1. The smallest absolute Gasteiger partial charge is 0.332 e. The molecule has 2 aromatic heterocycles. The summed E-state index contributed by atoms with van der Waals surface area (Å²) in [6, 6.07) is 10.00. The highest BCUT2D eigenvalue weighted by Crippen LogP contribution is 2.33. The Hall–Kier alpha value is -4.54. The SMILES string of the molecule is COc1ccc(-c2nc(C(N)=O)c3[nH]c(=O)n(-c4ccc(OC)c(OC)c4)c3n2)cc1OC. The molecule has 0 fully saturated rings. The van der Waals surface area contributed by atoms with Crippen LogP contribution in [-0.4, -0.2) is 53.9 Å². The quantitative estimate of drug-likeness (QED) is 0.434. The number of nitrogens with zero attached hydrogens (tertiary/aromatic N) is 3. The summed E-state index contributed by atoms with van der Waals surface area (Å²) in [6.45, 7) is 0. The van der Waals surface area contributed by atoms with Crippen molar-refractivity contribution < 1.29 is 23.7 Å². The second-order valence-electron chi connectivity index (χ2n) is 6.83. The Balaban J connectivity index is 2.00. The lowest BCUT2D eigenvalue weighted by molar-refractivity contribution is 0.0997. The summed E-state index contributed by atoms with van der Waals surface area (Å²) in [7, 11) is 6.02. The van der Waals surface area contributed by atoms with E-state index in [-0.39, 0.29) is 22.7 Å². The molecule has 0 atom stereocenters. The number of carbonyl (C=O) groups is 1. The lowest BCUT2D eigenvalue weighted by Crippen LogP contribution is -2.15. The van der Waals surface area contributed by atoms with E-state index in [9.17, 15) is 9.59 Å². The summed E-state index contributed by atoms with van der Waals surface area (Å²) in [5, 5.41) is 0. The van der Waals surface area contributed by atoms with E-state index >= 15 is 0 Å². The van der Waals surface area contributed by atoms with Crippen molar-refractivity contribution in [2.75, 3.05) is 28.4 Å². The number of rotatable bonds is 7.